The Morgan fingerprint density at radius 1 is 1.18 bits per heavy atom. The average Bonchev–Trinajstić information content (AvgIpc) is 3.64. The lowest BCUT2D eigenvalue weighted by Crippen LogP contribution is -2.53. The summed E-state index contributed by atoms with van der Waals surface area (Å²) >= 11 is 1.60. The minimum absolute atomic E-state index is 0.0102. The smallest absolute Gasteiger partial charge is 0.255 e. The normalized spacial score (nSPS) is 17.2. The maximum Gasteiger partial charge on any atom is 0.255 e. The molecule has 39 heavy (non-hydrogen) atoms. The summed E-state index contributed by atoms with van der Waals surface area (Å²) in [6.45, 7) is 10.5. The molecule has 206 valence electrons. The molecule has 0 aliphatic carbocycles. The van der Waals surface area contributed by atoms with Gasteiger partial charge in [0.25, 0.3) is 5.91 Å². The molecule has 2 amide bonds. The molecule has 2 aliphatic heterocycles. The number of nitrogens with zero attached hydrogens (tertiary/aromatic N) is 3. The maximum atomic E-state index is 13.2. The number of carbonyl (C=O) groups is 3. The third-order valence-corrected chi connectivity index (χ3v) is 8.53. The van der Waals surface area contributed by atoms with Crippen LogP contribution >= 0.6 is 11.3 Å². The van der Waals surface area contributed by atoms with Crippen molar-refractivity contribution in [2.75, 3.05) is 6.54 Å². The number of aromatic hydroxyl groups is 1. The molecule has 0 radical (unpaired) electrons. The Bertz CT molecular complexity index is 1370. The molecule has 2 aromatic carbocycles. The Balaban J connectivity index is 0.000000202. The molecule has 0 spiro atoms. The van der Waals surface area contributed by atoms with E-state index >= 15 is 0 Å². The first kappa shape index (κ1) is 28.5. The minimum Gasteiger partial charge on any atom is -0.508 e. The molecule has 7 nitrogen and oxygen atoms in total. The fourth-order valence-corrected chi connectivity index (χ4v) is 6.29. The van der Waals surface area contributed by atoms with E-state index in [0.717, 1.165) is 46.5 Å². The highest BCUT2D eigenvalue weighted by Gasteiger charge is 2.43. The molecule has 3 heterocycles. The molecule has 2 aliphatic rings. The molecule has 8 heteroatoms. The second-order valence-electron chi connectivity index (χ2n) is 10.5. The Labute approximate surface area is 234 Å². The number of Topliss-reactive ketones (excluding diaryl/α,β-unsaturated/α-hetero) is 1. The minimum atomic E-state index is -0.523. The van der Waals surface area contributed by atoms with Gasteiger partial charge in [0.2, 0.25) is 5.91 Å². The predicted octanol–water partition coefficient (Wildman–Crippen LogP) is 5.63. The third kappa shape index (κ3) is 5.91. The first-order valence-corrected chi connectivity index (χ1v) is 14.4. The fourth-order valence-electron chi connectivity index (χ4n) is 5.49. The van der Waals surface area contributed by atoms with Crippen molar-refractivity contribution in [3.05, 3.63) is 70.4 Å². The van der Waals surface area contributed by atoms with E-state index in [-0.39, 0.29) is 29.6 Å². The summed E-state index contributed by atoms with van der Waals surface area (Å²) in [6.07, 6.45) is 2.42. The number of amides is 2. The van der Waals surface area contributed by atoms with Crippen LogP contribution in [0.5, 0.6) is 5.75 Å². The van der Waals surface area contributed by atoms with E-state index < -0.39 is 6.04 Å². The number of rotatable bonds is 6. The topological polar surface area (TPSA) is 90.8 Å². The van der Waals surface area contributed by atoms with Crippen molar-refractivity contribution in [1.82, 2.24) is 14.8 Å². The van der Waals surface area contributed by atoms with E-state index in [1.807, 2.05) is 75.7 Å². The van der Waals surface area contributed by atoms with Crippen molar-refractivity contribution in [3.63, 3.8) is 0 Å². The second-order valence-corrected chi connectivity index (χ2v) is 11.4. The Morgan fingerprint density at radius 2 is 1.92 bits per heavy atom. The van der Waals surface area contributed by atoms with Gasteiger partial charge in [0, 0.05) is 18.7 Å². The zero-order valence-corrected chi connectivity index (χ0v) is 24.1. The first-order valence-electron chi connectivity index (χ1n) is 13.6. The van der Waals surface area contributed by atoms with Crippen LogP contribution in [-0.2, 0) is 22.6 Å². The maximum absolute atomic E-state index is 13.2. The van der Waals surface area contributed by atoms with Gasteiger partial charge in [0.15, 0.2) is 5.78 Å². The molecule has 0 saturated carbocycles. The van der Waals surface area contributed by atoms with Crippen molar-refractivity contribution in [3.8, 4) is 16.2 Å². The molecule has 1 saturated heterocycles. The number of aromatic nitrogens is 1. The van der Waals surface area contributed by atoms with Gasteiger partial charge in [0.1, 0.15) is 11.8 Å². The molecule has 2 unspecified atom stereocenters. The second kappa shape index (κ2) is 12.1. The summed E-state index contributed by atoms with van der Waals surface area (Å²) in [5, 5.41) is 9.77. The summed E-state index contributed by atoms with van der Waals surface area (Å²) in [5.74, 6) is 0.214. The van der Waals surface area contributed by atoms with Crippen LogP contribution in [0.4, 0.5) is 0 Å². The largest absolute Gasteiger partial charge is 0.508 e. The van der Waals surface area contributed by atoms with E-state index in [2.05, 4.69) is 4.98 Å². The summed E-state index contributed by atoms with van der Waals surface area (Å²) in [6, 6.07) is 12.5. The van der Waals surface area contributed by atoms with Gasteiger partial charge < -0.3 is 14.9 Å². The van der Waals surface area contributed by atoms with Gasteiger partial charge in [-0.25, -0.2) is 4.98 Å². The van der Waals surface area contributed by atoms with Crippen LogP contribution in [-0.4, -0.2) is 56.1 Å². The molecule has 3 aromatic rings. The lowest BCUT2D eigenvalue weighted by Gasteiger charge is -2.35. The number of thiazole rings is 1. The van der Waals surface area contributed by atoms with Crippen LogP contribution in [0, 0.1) is 12.8 Å². The summed E-state index contributed by atoms with van der Waals surface area (Å²) in [5.41, 5.74) is 6.52. The predicted molar refractivity (Wildman–Crippen MR) is 154 cm³/mol. The molecule has 2 atom stereocenters. The van der Waals surface area contributed by atoms with Crippen molar-refractivity contribution < 1.29 is 19.5 Å². The standard InChI is InChI=1S/C19H24N2O3.C12H13NOS/c1-12(2)17(19(24)20-10-6-9-16(20)13(3)22)21-11-14-7-4-5-8-15(14)18(21)23;1-3-9-4-5-10(6-11(9)14)12-8(2)13-7-15-12/h4-5,7-8,12,16-17H,6,9-11H2,1-3H3;4-7,14H,3H2,1-2H3. The van der Waals surface area contributed by atoms with Crippen LogP contribution in [0.2, 0.25) is 0 Å². The lowest BCUT2D eigenvalue weighted by molar-refractivity contribution is -0.142. The van der Waals surface area contributed by atoms with Gasteiger partial charge >= 0.3 is 0 Å². The van der Waals surface area contributed by atoms with E-state index in [1.165, 1.54) is 6.92 Å². The zero-order valence-electron chi connectivity index (χ0n) is 23.3. The number of benzene rings is 2. The van der Waals surface area contributed by atoms with Gasteiger partial charge in [-0.05, 0) is 67.9 Å². The highest BCUT2D eigenvalue weighted by Crippen LogP contribution is 2.32. The number of ketones is 1. The summed E-state index contributed by atoms with van der Waals surface area (Å²) < 4.78 is 0. The van der Waals surface area contributed by atoms with Gasteiger partial charge in [-0.15, -0.1) is 11.3 Å². The van der Waals surface area contributed by atoms with Crippen molar-refractivity contribution in [1.29, 1.82) is 0 Å². The number of likely N-dealkylation sites (tertiary alicyclic amines) is 1. The number of carbonyl (C=O) groups excluding carboxylic acids is 3. The number of aryl methyl sites for hydroxylation is 2. The van der Waals surface area contributed by atoms with Crippen molar-refractivity contribution >= 4 is 28.9 Å². The zero-order chi connectivity index (χ0) is 28.3. The van der Waals surface area contributed by atoms with E-state index in [9.17, 15) is 19.5 Å². The summed E-state index contributed by atoms with van der Waals surface area (Å²) in [4.78, 5) is 46.5. The monoisotopic (exact) mass is 547 g/mol. The SMILES string of the molecule is CC(=O)C1CCCN1C(=O)C(C(C)C)N1Cc2ccccc2C1=O.CCc1ccc(-c2scnc2C)cc1O. The molecule has 1 aromatic heterocycles. The Kier molecular flexibility index (Phi) is 8.85. The average molecular weight is 548 g/mol. The molecule has 1 fully saturated rings. The van der Waals surface area contributed by atoms with Gasteiger partial charge in [-0.3, -0.25) is 14.4 Å². The number of hydrogen-bond donors (Lipinski definition) is 1. The Morgan fingerprint density at radius 3 is 2.51 bits per heavy atom. The number of hydrogen-bond acceptors (Lipinski definition) is 6. The van der Waals surface area contributed by atoms with Crippen LogP contribution in [0.15, 0.2) is 48.0 Å². The molecule has 1 N–H and O–H groups in total. The number of fused-ring (bicyclic) bond motifs is 1. The van der Waals surface area contributed by atoms with Crippen molar-refractivity contribution in [2.45, 2.75) is 72.5 Å². The summed E-state index contributed by atoms with van der Waals surface area (Å²) in [7, 11) is 0. The van der Waals surface area contributed by atoms with Gasteiger partial charge in [-0.1, -0.05) is 51.1 Å². The fraction of sp³-hybridized carbons (Fsp3) is 0.419. The van der Waals surface area contributed by atoms with Crippen molar-refractivity contribution in [2.24, 2.45) is 5.92 Å². The van der Waals surface area contributed by atoms with Gasteiger partial charge in [0.05, 0.1) is 22.1 Å². The lowest BCUT2D eigenvalue weighted by atomic mass is 10.00. The van der Waals surface area contributed by atoms with Crippen LogP contribution in [0.3, 0.4) is 0 Å². The molecule has 0 bridgehead atoms. The first-order chi connectivity index (χ1) is 18.6. The van der Waals surface area contributed by atoms with E-state index in [4.69, 9.17) is 0 Å². The highest BCUT2D eigenvalue weighted by molar-refractivity contribution is 7.13. The number of phenols is 1. The number of phenolic OH excluding ortho intramolecular Hbond substituents is 1. The molecular formula is C31H37N3O4S. The molecular weight excluding hydrogens is 510 g/mol. The van der Waals surface area contributed by atoms with Gasteiger partial charge in [-0.2, -0.15) is 0 Å². The van der Waals surface area contributed by atoms with E-state index in [0.29, 0.717) is 24.4 Å². The Hall–Kier alpha value is -3.52. The third-order valence-electron chi connectivity index (χ3n) is 7.55. The van der Waals surface area contributed by atoms with Crippen LogP contribution < -0.4 is 0 Å². The quantitative estimate of drug-likeness (QED) is 0.432. The van der Waals surface area contributed by atoms with Crippen LogP contribution in [0.25, 0.3) is 10.4 Å². The van der Waals surface area contributed by atoms with E-state index in [1.54, 1.807) is 21.1 Å². The molecule has 5 rings (SSSR count). The van der Waals surface area contributed by atoms with Crippen LogP contribution in [0.1, 0.15) is 67.7 Å². The highest BCUT2D eigenvalue weighted by atomic mass is 32.1.